The van der Waals surface area contributed by atoms with Crippen molar-refractivity contribution in [2.24, 2.45) is 5.10 Å². The molecule has 1 rings (SSSR count). The molecule has 8 heteroatoms. The highest BCUT2D eigenvalue weighted by Crippen LogP contribution is 2.26. The molecular formula is C12H14N4O3S. The number of nitro benzene ring substituents is 1. The van der Waals surface area contributed by atoms with E-state index in [-0.39, 0.29) is 11.4 Å². The summed E-state index contributed by atoms with van der Waals surface area (Å²) >= 11 is 4.93. The Balaban J connectivity index is 2.73. The van der Waals surface area contributed by atoms with E-state index in [0.29, 0.717) is 17.2 Å². The van der Waals surface area contributed by atoms with E-state index in [0.717, 1.165) is 0 Å². The lowest BCUT2D eigenvalue weighted by Gasteiger charge is -2.04. The number of hydrogen-bond donors (Lipinski definition) is 2. The quantitative estimate of drug-likeness (QED) is 0.272. The zero-order chi connectivity index (χ0) is 15.0. The van der Waals surface area contributed by atoms with Crippen LogP contribution in [-0.4, -0.2) is 29.9 Å². The Morgan fingerprint density at radius 1 is 1.65 bits per heavy atom. The monoisotopic (exact) mass is 294 g/mol. The molecule has 2 N–H and O–H groups in total. The molecule has 0 aliphatic heterocycles. The molecule has 0 spiro atoms. The number of rotatable bonds is 6. The zero-order valence-electron chi connectivity index (χ0n) is 10.8. The number of nitrogens with one attached hydrogen (secondary N) is 2. The van der Waals surface area contributed by atoms with Gasteiger partial charge in [0.05, 0.1) is 18.2 Å². The maximum atomic E-state index is 10.9. The number of ether oxygens (including phenoxy) is 1. The van der Waals surface area contributed by atoms with Gasteiger partial charge in [-0.05, 0) is 24.4 Å². The van der Waals surface area contributed by atoms with Crippen molar-refractivity contribution in [2.75, 3.05) is 13.7 Å². The van der Waals surface area contributed by atoms with Gasteiger partial charge in [0.15, 0.2) is 10.9 Å². The number of hydrazone groups is 1. The number of nitro groups is 1. The molecule has 20 heavy (non-hydrogen) atoms. The van der Waals surface area contributed by atoms with Gasteiger partial charge in [-0.3, -0.25) is 15.5 Å². The first kappa shape index (κ1) is 15.6. The van der Waals surface area contributed by atoms with E-state index in [9.17, 15) is 10.1 Å². The van der Waals surface area contributed by atoms with Gasteiger partial charge in [0.25, 0.3) is 0 Å². The van der Waals surface area contributed by atoms with E-state index >= 15 is 0 Å². The molecule has 0 saturated carbocycles. The van der Waals surface area contributed by atoms with Gasteiger partial charge in [0.2, 0.25) is 0 Å². The van der Waals surface area contributed by atoms with Gasteiger partial charge < -0.3 is 10.1 Å². The normalized spacial score (nSPS) is 10.1. The maximum Gasteiger partial charge on any atom is 0.311 e. The summed E-state index contributed by atoms with van der Waals surface area (Å²) in [5, 5.41) is 17.9. The van der Waals surface area contributed by atoms with E-state index in [1.54, 1.807) is 12.1 Å². The van der Waals surface area contributed by atoms with Crippen LogP contribution in [0.4, 0.5) is 5.69 Å². The lowest BCUT2D eigenvalue weighted by molar-refractivity contribution is -0.385. The van der Waals surface area contributed by atoms with Gasteiger partial charge in [0, 0.05) is 18.2 Å². The number of hydrogen-bond acceptors (Lipinski definition) is 5. The molecule has 0 aliphatic carbocycles. The van der Waals surface area contributed by atoms with Crippen molar-refractivity contribution in [3.63, 3.8) is 0 Å². The van der Waals surface area contributed by atoms with Gasteiger partial charge in [0.1, 0.15) is 0 Å². The van der Waals surface area contributed by atoms with Crippen LogP contribution in [0.15, 0.2) is 36.0 Å². The van der Waals surface area contributed by atoms with Crippen LogP contribution < -0.4 is 15.5 Å². The zero-order valence-corrected chi connectivity index (χ0v) is 11.6. The first-order valence-corrected chi connectivity index (χ1v) is 5.99. The molecule has 0 fully saturated rings. The first-order chi connectivity index (χ1) is 9.58. The largest absolute Gasteiger partial charge is 0.490 e. The molecule has 0 unspecified atom stereocenters. The molecule has 0 radical (unpaired) electrons. The van der Waals surface area contributed by atoms with Crippen molar-refractivity contribution in [3.8, 4) is 5.75 Å². The molecule has 0 aliphatic rings. The molecule has 0 heterocycles. The van der Waals surface area contributed by atoms with E-state index < -0.39 is 4.92 Å². The van der Waals surface area contributed by atoms with Gasteiger partial charge in [-0.25, -0.2) is 0 Å². The highest BCUT2D eigenvalue weighted by Gasteiger charge is 2.14. The average molecular weight is 294 g/mol. The summed E-state index contributed by atoms with van der Waals surface area (Å²) in [6, 6.07) is 4.52. The van der Waals surface area contributed by atoms with Crippen LogP contribution in [0.1, 0.15) is 5.56 Å². The van der Waals surface area contributed by atoms with Crippen LogP contribution in [0.25, 0.3) is 0 Å². The van der Waals surface area contributed by atoms with Gasteiger partial charge >= 0.3 is 5.69 Å². The Kier molecular flexibility index (Phi) is 6.11. The summed E-state index contributed by atoms with van der Waals surface area (Å²) in [5.41, 5.74) is 3.01. The predicted octanol–water partition coefficient (Wildman–Crippen LogP) is 1.59. The van der Waals surface area contributed by atoms with Crippen LogP contribution in [0.3, 0.4) is 0 Å². The number of nitrogens with zero attached hydrogens (tertiary/aromatic N) is 2. The van der Waals surface area contributed by atoms with Gasteiger partial charge in [-0.15, -0.1) is 6.58 Å². The van der Waals surface area contributed by atoms with E-state index in [1.165, 1.54) is 25.5 Å². The summed E-state index contributed by atoms with van der Waals surface area (Å²) < 4.78 is 4.91. The molecule has 0 saturated heterocycles. The maximum absolute atomic E-state index is 10.9. The topological polar surface area (TPSA) is 88.8 Å². The second-order valence-corrected chi connectivity index (χ2v) is 3.97. The number of benzene rings is 1. The van der Waals surface area contributed by atoms with E-state index in [4.69, 9.17) is 17.0 Å². The molecule has 7 nitrogen and oxygen atoms in total. The Hall–Kier alpha value is -2.48. The third kappa shape index (κ3) is 4.65. The third-order valence-electron chi connectivity index (χ3n) is 2.19. The average Bonchev–Trinajstić information content (AvgIpc) is 2.44. The third-order valence-corrected chi connectivity index (χ3v) is 2.42. The summed E-state index contributed by atoms with van der Waals surface area (Å²) in [4.78, 5) is 10.3. The summed E-state index contributed by atoms with van der Waals surface area (Å²) in [6.07, 6.45) is 3.08. The molecule has 0 bridgehead atoms. The summed E-state index contributed by atoms with van der Waals surface area (Å²) in [7, 11) is 1.38. The Morgan fingerprint density at radius 2 is 2.40 bits per heavy atom. The molecule has 0 atom stereocenters. The highest BCUT2D eigenvalue weighted by molar-refractivity contribution is 7.80. The molecule has 0 amide bonds. The Morgan fingerprint density at radius 3 is 3.00 bits per heavy atom. The van der Waals surface area contributed by atoms with Crippen LogP contribution in [0.2, 0.25) is 0 Å². The van der Waals surface area contributed by atoms with Gasteiger partial charge in [-0.2, -0.15) is 5.10 Å². The smallest absolute Gasteiger partial charge is 0.311 e. The minimum atomic E-state index is -0.514. The van der Waals surface area contributed by atoms with Crippen LogP contribution >= 0.6 is 12.2 Å². The van der Waals surface area contributed by atoms with E-state index in [1.807, 2.05) is 0 Å². The second kappa shape index (κ2) is 7.85. The van der Waals surface area contributed by atoms with Crippen molar-refractivity contribution >= 4 is 29.2 Å². The molecule has 1 aromatic rings. The standard InChI is InChI=1S/C12H14N4O3S/c1-3-6-13-12(20)15-14-8-9-4-5-11(19-2)10(7-9)16(17)18/h3-5,7-8H,1,6H2,2H3,(H2,13,15,20). The molecular weight excluding hydrogens is 280 g/mol. The molecule has 1 aromatic carbocycles. The molecule has 106 valence electrons. The lowest BCUT2D eigenvalue weighted by atomic mass is 10.2. The fourth-order valence-corrected chi connectivity index (χ4v) is 1.44. The number of methoxy groups -OCH3 is 1. The summed E-state index contributed by atoms with van der Waals surface area (Å²) in [5.74, 6) is 0.197. The minimum absolute atomic E-state index is 0.121. The molecule has 0 aromatic heterocycles. The van der Waals surface area contributed by atoms with Crippen LogP contribution in [-0.2, 0) is 0 Å². The van der Waals surface area contributed by atoms with Crippen LogP contribution in [0.5, 0.6) is 5.75 Å². The fraction of sp³-hybridized carbons (Fsp3) is 0.167. The van der Waals surface area contributed by atoms with E-state index in [2.05, 4.69) is 22.4 Å². The Bertz CT molecular complexity index is 546. The van der Waals surface area contributed by atoms with Crippen LogP contribution in [0, 0.1) is 10.1 Å². The Labute approximate surface area is 121 Å². The van der Waals surface area contributed by atoms with Crippen molar-refractivity contribution in [3.05, 3.63) is 46.5 Å². The van der Waals surface area contributed by atoms with Crippen molar-refractivity contribution in [1.29, 1.82) is 0 Å². The highest BCUT2D eigenvalue weighted by atomic mass is 32.1. The van der Waals surface area contributed by atoms with Crippen molar-refractivity contribution in [2.45, 2.75) is 0 Å². The second-order valence-electron chi connectivity index (χ2n) is 3.56. The lowest BCUT2D eigenvalue weighted by Crippen LogP contribution is -2.31. The van der Waals surface area contributed by atoms with Crippen molar-refractivity contribution < 1.29 is 9.66 Å². The van der Waals surface area contributed by atoms with Gasteiger partial charge in [-0.1, -0.05) is 6.08 Å². The predicted molar refractivity (Wildman–Crippen MR) is 81.2 cm³/mol. The first-order valence-electron chi connectivity index (χ1n) is 5.58. The summed E-state index contributed by atoms with van der Waals surface area (Å²) in [6.45, 7) is 4.06. The minimum Gasteiger partial charge on any atom is -0.490 e. The SMILES string of the molecule is C=CCNC(=S)NN=Cc1ccc(OC)c([N+](=O)[O-])c1. The fourth-order valence-electron chi connectivity index (χ4n) is 1.30. The van der Waals surface area contributed by atoms with Crippen molar-refractivity contribution in [1.82, 2.24) is 10.7 Å². The number of thiocarbonyl (C=S) groups is 1.